The minimum Gasteiger partial charge on any atom is -0.481 e. The number of aliphatic carboxylic acids is 1. The van der Waals surface area contributed by atoms with Crippen molar-refractivity contribution < 1.29 is 23.1 Å². The van der Waals surface area contributed by atoms with Gasteiger partial charge in [-0.05, 0) is 0 Å². The quantitative estimate of drug-likeness (QED) is 0.839. The predicted octanol–water partition coefficient (Wildman–Crippen LogP) is 2.52. The van der Waals surface area contributed by atoms with Crippen molar-refractivity contribution in [3.05, 3.63) is 28.8 Å². The number of carboxylic acid groups (broad SMARTS) is 1. The standard InChI is InChI=1S/C9H7ClF3NO2/c10-2-4-3-14-5(1-6(15)16)7(8(4)11)9(12)13/h3,9H,1-2H2,(H,15,16). The molecule has 3 nitrogen and oxygen atoms in total. The first-order chi connectivity index (χ1) is 7.47. The van der Waals surface area contributed by atoms with E-state index in [-0.39, 0.29) is 11.4 Å². The van der Waals surface area contributed by atoms with Crippen LogP contribution in [0.5, 0.6) is 0 Å². The summed E-state index contributed by atoms with van der Waals surface area (Å²) in [6.07, 6.45) is -2.91. The third kappa shape index (κ3) is 2.63. The van der Waals surface area contributed by atoms with Crippen molar-refractivity contribution in [3.63, 3.8) is 0 Å². The molecule has 0 bridgehead atoms. The van der Waals surface area contributed by atoms with E-state index in [9.17, 15) is 18.0 Å². The average Bonchev–Trinajstić information content (AvgIpc) is 2.16. The number of alkyl halides is 3. The molecule has 0 aliphatic carbocycles. The summed E-state index contributed by atoms with van der Waals surface area (Å²) >= 11 is 5.33. The molecule has 1 N–H and O–H groups in total. The Kier molecular flexibility index (Phi) is 4.12. The molecule has 7 heteroatoms. The first-order valence-corrected chi connectivity index (χ1v) is 4.72. The molecule has 0 atom stereocenters. The van der Waals surface area contributed by atoms with E-state index in [0.717, 1.165) is 6.20 Å². The molecule has 0 fully saturated rings. The predicted molar refractivity (Wildman–Crippen MR) is 50.0 cm³/mol. The molecule has 0 radical (unpaired) electrons. The van der Waals surface area contributed by atoms with Gasteiger partial charge in [0.05, 0.1) is 23.6 Å². The molecule has 1 aromatic rings. The summed E-state index contributed by atoms with van der Waals surface area (Å²) in [5.41, 5.74) is -1.64. The van der Waals surface area contributed by atoms with Crippen LogP contribution in [0.25, 0.3) is 0 Å². The zero-order valence-electron chi connectivity index (χ0n) is 7.88. The summed E-state index contributed by atoms with van der Waals surface area (Å²) in [4.78, 5) is 13.9. The third-order valence-electron chi connectivity index (χ3n) is 1.89. The van der Waals surface area contributed by atoms with Crippen molar-refractivity contribution in [2.75, 3.05) is 0 Å². The SMILES string of the molecule is O=C(O)Cc1ncc(CCl)c(F)c1C(F)F. The fourth-order valence-corrected chi connectivity index (χ4v) is 1.37. The Bertz CT molecular complexity index is 412. The molecule has 1 heterocycles. The van der Waals surface area contributed by atoms with E-state index in [4.69, 9.17) is 16.7 Å². The van der Waals surface area contributed by atoms with Crippen molar-refractivity contribution in [1.82, 2.24) is 4.98 Å². The van der Waals surface area contributed by atoms with E-state index in [2.05, 4.69) is 4.98 Å². The number of carboxylic acids is 1. The van der Waals surface area contributed by atoms with Gasteiger partial charge in [-0.25, -0.2) is 13.2 Å². The number of halogens is 4. The second kappa shape index (κ2) is 5.16. The molecule has 0 saturated heterocycles. The summed E-state index contributed by atoms with van der Waals surface area (Å²) < 4.78 is 38.5. The van der Waals surface area contributed by atoms with Gasteiger partial charge in [-0.1, -0.05) is 0 Å². The fraction of sp³-hybridized carbons (Fsp3) is 0.333. The van der Waals surface area contributed by atoms with Crippen LogP contribution < -0.4 is 0 Å². The minimum atomic E-state index is -3.12. The van der Waals surface area contributed by atoms with Gasteiger partial charge >= 0.3 is 5.97 Å². The van der Waals surface area contributed by atoms with Crippen LogP contribution in [0, 0.1) is 5.82 Å². The number of carbonyl (C=O) groups is 1. The van der Waals surface area contributed by atoms with Crippen LogP contribution in [0.2, 0.25) is 0 Å². The van der Waals surface area contributed by atoms with E-state index >= 15 is 0 Å². The maximum absolute atomic E-state index is 13.4. The second-order valence-electron chi connectivity index (χ2n) is 2.96. The number of nitrogens with zero attached hydrogens (tertiary/aromatic N) is 1. The van der Waals surface area contributed by atoms with Crippen LogP contribution in [0.1, 0.15) is 23.2 Å². The molecule has 0 aliphatic heterocycles. The van der Waals surface area contributed by atoms with Crippen LogP contribution in [0.15, 0.2) is 6.20 Å². The molecule has 16 heavy (non-hydrogen) atoms. The van der Waals surface area contributed by atoms with Crippen molar-refractivity contribution in [2.45, 2.75) is 18.7 Å². The lowest BCUT2D eigenvalue weighted by Crippen LogP contribution is -2.10. The van der Waals surface area contributed by atoms with Gasteiger partial charge in [-0.15, -0.1) is 11.6 Å². The molecule has 0 unspecified atom stereocenters. The molecular weight excluding hydrogens is 247 g/mol. The van der Waals surface area contributed by atoms with Crippen molar-refractivity contribution in [1.29, 1.82) is 0 Å². The van der Waals surface area contributed by atoms with E-state index in [1.807, 2.05) is 0 Å². The van der Waals surface area contributed by atoms with Gasteiger partial charge in [-0.2, -0.15) is 0 Å². The maximum atomic E-state index is 13.4. The Morgan fingerprint density at radius 1 is 1.56 bits per heavy atom. The molecule has 0 spiro atoms. The largest absolute Gasteiger partial charge is 0.481 e. The molecular formula is C9H7ClF3NO2. The Morgan fingerprint density at radius 3 is 2.62 bits per heavy atom. The van der Waals surface area contributed by atoms with Crippen LogP contribution >= 0.6 is 11.6 Å². The van der Waals surface area contributed by atoms with Crippen LogP contribution in [0.3, 0.4) is 0 Å². The van der Waals surface area contributed by atoms with E-state index in [1.165, 1.54) is 0 Å². The lowest BCUT2D eigenvalue weighted by molar-refractivity contribution is -0.136. The molecule has 0 saturated carbocycles. The molecule has 0 amide bonds. The lowest BCUT2D eigenvalue weighted by Gasteiger charge is -2.09. The summed E-state index contributed by atoms with van der Waals surface area (Å²) in [5.74, 6) is -2.84. The zero-order chi connectivity index (χ0) is 12.3. The van der Waals surface area contributed by atoms with Gasteiger partial charge in [0.2, 0.25) is 0 Å². The zero-order valence-corrected chi connectivity index (χ0v) is 8.64. The van der Waals surface area contributed by atoms with Crippen LogP contribution in [-0.2, 0) is 17.1 Å². The van der Waals surface area contributed by atoms with Gasteiger partial charge < -0.3 is 5.11 Å². The van der Waals surface area contributed by atoms with Gasteiger partial charge in [0.1, 0.15) is 5.82 Å². The molecule has 1 rings (SSSR count). The van der Waals surface area contributed by atoms with Gasteiger partial charge in [-0.3, -0.25) is 9.78 Å². The number of aromatic nitrogens is 1. The van der Waals surface area contributed by atoms with E-state index in [0.29, 0.717) is 0 Å². The number of hydrogen-bond donors (Lipinski definition) is 1. The third-order valence-corrected chi connectivity index (χ3v) is 2.17. The van der Waals surface area contributed by atoms with Crippen molar-refractivity contribution >= 4 is 17.6 Å². The first-order valence-electron chi connectivity index (χ1n) is 4.19. The molecule has 0 aromatic carbocycles. The van der Waals surface area contributed by atoms with Gasteiger partial charge in [0.15, 0.2) is 0 Å². The maximum Gasteiger partial charge on any atom is 0.309 e. The smallest absolute Gasteiger partial charge is 0.309 e. The van der Waals surface area contributed by atoms with Gasteiger partial charge in [0, 0.05) is 11.8 Å². The summed E-state index contributed by atoms with van der Waals surface area (Å²) in [5, 5.41) is 8.46. The highest BCUT2D eigenvalue weighted by Gasteiger charge is 2.23. The number of pyridine rings is 1. The normalized spacial score (nSPS) is 10.8. The van der Waals surface area contributed by atoms with Crippen LogP contribution in [0.4, 0.5) is 13.2 Å². The fourth-order valence-electron chi connectivity index (χ4n) is 1.18. The highest BCUT2D eigenvalue weighted by Crippen LogP contribution is 2.27. The highest BCUT2D eigenvalue weighted by molar-refractivity contribution is 6.17. The summed E-state index contributed by atoms with van der Waals surface area (Å²) in [7, 11) is 0. The molecule has 0 aliphatic rings. The number of rotatable bonds is 4. The Balaban J connectivity index is 3.28. The first kappa shape index (κ1) is 12.8. The molecule has 88 valence electrons. The Hall–Kier alpha value is -1.30. The highest BCUT2D eigenvalue weighted by atomic mass is 35.5. The average molecular weight is 254 g/mol. The lowest BCUT2D eigenvalue weighted by atomic mass is 10.1. The Labute approximate surface area is 93.9 Å². The van der Waals surface area contributed by atoms with Crippen molar-refractivity contribution in [2.24, 2.45) is 0 Å². The Morgan fingerprint density at radius 2 is 2.19 bits per heavy atom. The number of hydrogen-bond acceptors (Lipinski definition) is 2. The van der Waals surface area contributed by atoms with E-state index < -0.39 is 35.9 Å². The van der Waals surface area contributed by atoms with Gasteiger partial charge in [0.25, 0.3) is 6.43 Å². The van der Waals surface area contributed by atoms with Crippen molar-refractivity contribution in [3.8, 4) is 0 Å². The monoisotopic (exact) mass is 253 g/mol. The summed E-state index contributed by atoms with van der Waals surface area (Å²) in [6, 6.07) is 0. The topological polar surface area (TPSA) is 50.2 Å². The minimum absolute atomic E-state index is 0.175. The van der Waals surface area contributed by atoms with E-state index in [1.54, 1.807) is 0 Å². The van der Waals surface area contributed by atoms with Crippen LogP contribution in [-0.4, -0.2) is 16.1 Å². The summed E-state index contributed by atoms with van der Waals surface area (Å²) in [6.45, 7) is 0. The molecule has 1 aromatic heterocycles. The second-order valence-corrected chi connectivity index (χ2v) is 3.23.